The lowest BCUT2D eigenvalue weighted by molar-refractivity contribution is -0.134. The van der Waals surface area contributed by atoms with Gasteiger partial charge in [-0.25, -0.2) is 9.97 Å². The number of carbonyl (C=O) groups is 3. The minimum atomic E-state index is -0.442. The molecular weight excluding hydrogens is 735 g/mol. The van der Waals surface area contributed by atoms with Crippen molar-refractivity contribution in [2.75, 3.05) is 31.2 Å². The minimum absolute atomic E-state index is 0.00369. The smallest absolute Gasteiger partial charge is 0.270 e. The highest BCUT2D eigenvalue weighted by Crippen LogP contribution is 2.40. The van der Waals surface area contributed by atoms with Crippen molar-refractivity contribution in [3.63, 3.8) is 0 Å². The molecule has 2 N–H and O–H groups in total. The molecule has 2 fully saturated rings. The first-order chi connectivity index (χ1) is 28.2. The second-order valence-corrected chi connectivity index (χ2v) is 15.1. The zero-order valence-corrected chi connectivity index (χ0v) is 32.3. The van der Waals surface area contributed by atoms with Gasteiger partial charge in [0, 0.05) is 67.4 Å². The monoisotopic (exact) mass is 775 g/mol. The number of hydrogen-bond donors (Lipinski definition) is 2. The third-order valence-electron chi connectivity index (χ3n) is 11.5. The van der Waals surface area contributed by atoms with Gasteiger partial charge >= 0.3 is 0 Å². The molecule has 13 heteroatoms. The van der Waals surface area contributed by atoms with Gasteiger partial charge in [0.2, 0.25) is 11.8 Å². The van der Waals surface area contributed by atoms with E-state index in [1.807, 2.05) is 38.4 Å². The van der Waals surface area contributed by atoms with E-state index < -0.39 is 5.92 Å². The standard InChI is InChI=1S/C45H41N7O6/c1-26-20-34-37(51(2)45(26)56)21-29(27-14-18-57-19-15-27)22-38(34)52-17-5-8-35-39(52)25-48-42(49-35)28-10-12-36(47-24-28)44(55)46-16-4-6-30-23-33-31(7-3-9-40(33)58-30)32-11-13-41(53)50-43(32)54/h3,7,9-10,12,20-25,27,32H,5,8,11,13-19H2,1-2H3,(H,46,55)(H,50,53,54). The third kappa shape index (κ3) is 7.00. The van der Waals surface area contributed by atoms with Crippen LogP contribution >= 0.6 is 0 Å². The fraction of sp³-hybridized carbons (Fsp3) is 0.311. The van der Waals surface area contributed by atoms with Gasteiger partial charge in [-0.3, -0.25) is 29.5 Å². The summed E-state index contributed by atoms with van der Waals surface area (Å²) in [4.78, 5) is 66.6. The number of nitrogens with one attached hydrogen (secondary N) is 2. The molecule has 0 bridgehead atoms. The number of aryl methyl sites for hydroxylation is 3. The molecule has 6 aromatic rings. The zero-order valence-electron chi connectivity index (χ0n) is 32.3. The average molecular weight is 776 g/mol. The van der Waals surface area contributed by atoms with Gasteiger partial charge in [-0.2, -0.15) is 0 Å². The van der Waals surface area contributed by atoms with Gasteiger partial charge in [-0.15, -0.1) is 0 Å². The highest BCUT2D eigenvalue weighted by atomic mass is 16.5. The number of anilines is 2. The van der Waals surface area contributed by atoms with Crippen LogP contribution in [0.1, 0.15) is 82.6 Å². The van der Waals surface area contributed by atoms with Crippen molar-refractivity contribution in [3.8, 4) is 23.2 Å². The van der Waals surface area contributed by atoms with Gasteiger partial charge in [0.05, 0.1) is 41.2 Å². The van der Waals surface area contributed by atoms with Crippen molar-refractivity contribution in [1.82, 2.24) is 30.2 Å². The molecule has 9 rings (SSSR count). The predicted molar refractivity (Wildman–Crippen MR) is 218 cm³/mol. The summed E-state index contributed by atoms with van der Waals surface area (Å²) in [7, 11) is 1.85. The topological polar surface area (TPSA) is 162 Å². The number of fused-ring (bicyclic) bond motifs is 3. The molecule has 4 aromatic heterocycles. The maximum Gasteiger partial charge on any atom is 0.270 e. The summed E-state index contributed by atoms with van der Waals surface area (Å²) in [6.45, 7) is 4.18. The number of pyridine rings is 2. The van der Waals surface area contributed by atoms with Crippen LogP contribution in [-0.2, 0) is 27.8 Å². The molecule has 58 heavy (non-hydrogen) atoms. The summed E-state index contributed by atoms with van der Waals surface area (Å²) >= 11 is 0. The van der Waals surface area contributed by atoms with Gasteiger partial charge < -0.3 is 23.9 Å². The fourth-order valence-electron chi connectivity index (χ4n) is 8.39. The molecule has 2 aromatic carbocycles. The second kappa shape index (κ2) is 15.4. The van der Waals surface area contributed by atoms with E-state index in [9.17, 15) is 19.2 Å². The Balaban J connectivity index is 0.901. The number of furan rings is 1. The van der Waals surface area contributed by atoms with E-state index in [0.717, 1.165) is 84.4 Å². The summed E-state index contributed by atoms with van der Waals surface area (Å²) in [6.07, 6.45) is 7.77. The normalized spacial score (nSPS) is 17.1. The molecule has 13 nitrogen and oxygen atoms in total. The quantitative estimate of drug-likeness (QED) is 0.158. The summed E-state index contributed by atoms with van der Waals surface area (Å²) in [5.74, 6) is 5.76. The van der Waals surface area contributed by atoms with Crippen LogP contribution in [0.25, 0.3) is 33.3 Å². The number of ether oxygens (including phenoxy) is 1. The Morgan fingerprint density at radius 1 is 0.966 bits per heavy atom. The van der Waals surface area contributed by atoms with Crippen molar-refractivity contribution in [1.29, 1.82) is 0 Å². The molecule has 1 unspecified atom stereocenters. The Labute approximate surface area is 333 Å². The Morgan fingerprint density at radius 3 is 2.64 bits per heavy atom. The van der Waals surface area contributed by atoms with Gasteiger partial charge in [0.1, 0.15) is 11.3 Å². The van der Waals surface area contributed by atoms with Crippen molar-refractivity contribution >= 4 is 51.0 Å². The van der Waals surface area contributed by atoms with Crippen molar-refractivity contribution < 1.29 is 23.5 Å². The first kappa shape index (κ1) is 37.0. The molecule has 7 heterocycles. The van der Waals surface area contributed by atoms with E-state index in [2.05, 4.69) is 44.5 Å². The van der Waals surface area contributed by atoms with Crippen LogP contribution in [0.3, 0.4) is 0 Å². The van der Waals surface area contributed by atoms with Crippen molar-refractivity contribution in [2.45, 2.75) is 57.3 Å². The Bertz CT molecular complexity index is 2750. The lowest BCUT2D eigenvalue weighted by Crippen LogP contribution is -2.39. The molecule has 0 radical (unpaired) electrons. The molecule has 0 spiro atoms. The predicted octanol–water partition coefficient (Wildman–Crippen LogP) is 5.73. The fourth-order valence-corrected chi connectivity index (χ4v) is 8.39. The average Bonchev–Trinajstić information content (AvgIpc) is 3.68. The summed E-state index contributed by atoms with van der Waals surface area (Å²) in [5, 5.41) is 6.98. The number of amides is 3. The lowest BCUT2D eigenvalue weighted by Gasteiger charge is -2.33. The SMILES string of the molecule is Cc1cc2c(N3CCCc4nc(-c5ccc(C(=O)NCC#Cc6cc7c(C8CCC(=O)NC8=O)cccc7o6)nc5)ncc43)cc(C3CCOCC3)cc2n(C)c1=O. The first-order valence-corrected chi connectivity index (χ1v) is 19.7. The van der Waals surface area contributed by atoms with E-state index in [1.165, 1.54) is 5.56 Å². The van der Waals surface area contributed by atoms with Crippen molar-refractivity contribution in [3.05, 3.63) is 111 Å². The van der Waals surface area contributed by atoms with E-state index in [0.29, 0.717) is 40.6 Å². The highest BCUT2D eigenvalue weighted by molar-refractivity contribution is 6.03. The van der Waals surface area contributed by atoms with Crippen LogP contribution in [0.15, 0.2) is 76.2 Å². The number of benzene rings is 2. The maximum atomic E-state index is 13.0. The molecule has 3 aliphatic rings. The number of nitrogens with zero attached hydrogens (tertiary/aromatic N) is 5. The molecule has 3 aliphatic heterocycles. The van der Waals surface area contributed by atoms with E-state index in [1.54, 1.807) is 35.0 Å². The second-order valence-electron chi connectivity index (χ2n) is 15.1. The summed E-state index contributed by atoms with van der Waals surface area (Å²) in [5.41, 5.74) is 8.04. The van der Waals surface area contributed by atoms with Crippen LogP contribution in [0, 0.1) is 18.8 Å². The number of aromatic nitrogens is 4. The molecule has 2 saturated heterocycles. The van der Waals surface area contributed by atoms with Gasteiger partial charge in [-0.1, -0.05) is 18.1 Å². The molecule has 0 saturated carbocycles. The van der Waals surface area contributed by atoms with Crippen molar-refractivity contribution in [2.24, 2.45) is 7.05 Å². The minimum Gasteiger partial charge on any atom is -0.448 e. The maximum absolute atomic E-state index is 13.0. The van der Waals surface area contributed by atoms with Crippen LogP contribution in [0.4, 0.5) is 11.4 Å². The van der Waals surface area contributed by atoms with Crippen LogP contribution < -0.4 is 21.1 Å². The number of carbonyl (C=O) groups excluding carboxylic acids is 3. The number of imide groups is 1. The lowest BCUT2D eigenvalue weighted by atomic mass is 9.88. The molecule has 0 aliphatic carbocycles. The number of rotatable bonds is 6. The van der Waals surface area contributed by atoms with E-state index in [4.69, 9.17) is 19.1 Å². The van der Waals surface area contributed by atoms with Gasteiger partial charge in [-0.05, 0) is 98.4 Å². The number of hydrogen-bond acceptors (Lipinski definition) is 10. The summed E-state index contributed by atoms with van der Waals surface area (Å²) < 4.78 is 13.3. The zero-order chi connectivity index (χ0) is 39.9. The summed E-state index contributed by atoms with van der Waals surface area (Å²) in [6, 6.07) is 17.2. The van der Waals surface area contributed by atoms with Crippen LogP contribution in [-0.4, -0.2) is 63.5 Å². The Morgan fingerprint density at radius 2 is 1.83 bits per heavy atom. The molecule has 292 valence electrons. The van der Waals surface area contributed by atoms with E-state index >= 15 is 0 Å². The molecular formula is C45H41N7O6. The van der Waals surface area contributed by atoms with Crippen LogP contribution in [0.2, 0.25) is 0 Å². The largest absolute Gasteiger partial charge is 0.448 e. The third-order valence-corrected chi connectivity index (χ3v) is 11.5. The highest BCUT2D eigenvalue weighted by Gasteiger charge is 2.30. The molecule has 3 amide bonds. The molecule has 1 atom stereocenters. The Hall–Kier alpha value is -6.65. The van der Waals surface area contributed by atoms with Gasteiger partial charge in [0.15, 0.2) is 11.6 Å². The number of piperidine rings is 1. The van der Waals surface area contributed by atoms with E-state index in [-0.39, 0.29) is 41.9 Å². The Kier molecular flexibility index (Phi) is 9.79. The van der Waals surface area contributed by atoms with Crippen LogP contribution in [0.5, 0.6) is 0 Å². The first-order valence-electron chi connectivity index (χ1n) is 19.7. The van der Waals surface area contributed by atoms with Gasteiger partial charge in [0.25, 0.3) is 11.5 Å².